The number of benzene rings is 3. The number of hydrogen-bond donors (Lipinski definition) is 2. The zero-order valence-electron chi connectivity index (χ0n) is 20.9. The van der Waals surface area contributed by atoms with Gasteiger partial charge >= 0.3 is 0 Å². The van der Waals surface area contributed by atoms with Gasteiger partial charge in [-0.05, 0) is 47.8 Å². The van der Waals surface area contributed by atoms with E-state index >= 15 is 0 Å². The van der Waals surface area contributed by atoms with Gasteiger partial charge in [0.15, 0.2) is 6.61 Å². The molecule has 1 aliphatic carbocycles. The van der Waals surface area contributed by atoms with E-state index in [1.807, 2.05) is 49.4 Å². The molecule has 3 aromatic carbocycles. The Labute approximate surface area is 217 Å². The van der Waals surface area contributed by atoms with Crippen LogP contribution in [0.2, 0.25) is 0 Å². The van der Waals surface area contributed by atoms with Crippen LogP contribution in [0.15, 0.2) is 115 Å². The van der Waals surface area contributed by atoms with E-state index in [2.05, 4.69) is 83.1 Å². The standard InChI is InChI=1S/C32H29N3O2/c1-22-13-15-25(16-14-22)29-20-28(24-9-5-3-6-10-24)19-27(29)17-18-33-30(36)21-37-32-31(23(2)34-35-32)26-11-7-4-8-12-26/h3-20,28H,21H2,1-2H3,(H,33,36)(H,34,35). The van der Waals surface area contributed by atoms with Gasteiger partial charge in [-0.15, -0.1) is 5.10 Å². The molecule has 0 radical (unpaired) electrons. The average molecular weight is 488 g/mol. The van der Waals surface area contributed by atoms with Crippen molar-refractivity contribution < 1.29 is 9.53 Å². The second-order valence-electron chi connectivity index (χ2n) is 9.09. The van der Waals surface area contributed by atoms with Gasteiger partial charge in [0.25, 0.3) is 5.91 Å². The molecule has 1 atom stereocenters. The molecule has 1 aromatic heterocycles. The maximum atomic E-state index is 12.6. The van der Waals surface area contributed by atoms with Crippen LogP contribution in [0.25, 0.3) is 16.7 Å². The number of aromatic nitrogens is 2. The number of hydrogen-bond acceptors (Lipinski definition) is 3. The lowest BCUT2D eigenvalue weighted by Gasteiger charge is -2.07. The largest absolute Gasteiger partial charge is 0.466 e. The van der Waals surface area contributed by atoms with E-state index in [0.29, 0.717) is 5.88 Å². The van der Waals surface area contributed by atoms with Gasteiger partial charge in [-0.3, -0.25) is 9.89 Å². The number of amides is 1. The number of aryl methyl sites for hydroxylation is 2. The molecule has 0 bridgehead atoms. The van der Waals surface area contributed by atoms with Crippen molar-refractivity contribution in [2.45, 2.75) is 19.8 Å². The first-order valence-corrected chi connectivity index (χ1v) is 12.3. The summed E-state index contributed by atoms with van der Waals surface area (Å²) < 4.78 is 5.76. The van der Waals surface area contributed by atoms with Crippen molar-refractivity contribution in [2.24, 2.45) is 0 Å². The molecule has 1 amide bonds. The number of ether oxygens (including phenoxy) is 1. The number of allylic oxidation sites excluding steroid dienone is 5. The van der Waals surface area contributed by atoms with Crippen LogP contribution in [-0.2, 0) is 4.79 Å². The third-order valence-electron chi connectivity index (χ3n) is 6.39. The van der Waals surface area contributed by atoms with Crippen molar-refractivity contribution in [1.82, 2.24) is 15.5 Å². The zero-order chi connectivity index (χ0) is 25.6. The summed E-state index contributed by atoms with van der Waals surface area (Å²) in [6.45, 7) is 3.88. The van der Waals surface area contributed by atoms with Crippen LogP contribution >= 0.6 is 0 Å². The minimum absolute atomic E-state index is 0.138. The highest BCUT2D eigenvalue weighted by Crippen LogP contribution is 2.37. The summed E-state index contributed by atoms with van der Waals surface area (Å²) in [7, 11) is 0. The molecule has 0 saturated heterocycles. The molecule has 1 aliphatic rings. The lowest BCUT2D eigenvalue weighted by Crippen LogP contribution is -2.24. The van der Waals surface area contributed by atoms with Gasteiger partial charge in [-0.25, -0.2) is 0 Å². The normalized spacial score (nSPS) is 14.9. The van der Waals surface area contributed by atoms with Crippen LogP contribution in [0.4, 0.5) is 0 Å². The predicted molar refractivity (Wildman–Crippen MR) is 148 cm³/mol. The Morgan fingerprint density at radius 2 is 1.62 bits per heavy atom. The third kappa shape index (κ3) is 5.62. The Bertz CT molecular complexity index is 1460. The maximum absolute atomic E-state index is 12.6. The van der Waals surface area contributed by atoms with Gasteiger partial charge in [0.2, 0.25) is 5.88 Å². The number of carbonyl (C=O) groups is 1. The fraction of sp³-hybridized carbons (Fsp3) is 0.125. The molecule has 4 aromatic rings. The van der Waals surface area contributed by atoms with Gasteiger partial charge in [-0.1, -0.05) is 103 Å². The number of nitrogens with one attached hydrogen (secondary N) is 2. The highest BCUT2D eigenvalue weighted by molar-refractivity contribution is 5.86. The van der Waals surface area contributed by atoms with Crippen LogP contribution in [-0.4, -0.2) is 22.7 Å². The van der Waals surface area contributed by atoms with E-state index in [1.165, 1.54) is 11.1 Å². The molecule has 37 heavy (non-hydrogen) atoms. The molecule has 5 heteroatoms. The number of rotatable bonds is 8. The SMILES string of the molecule is Cc1ccc(C2=CC(c3ccccc3)C=C2C=CNC(=O)COc2n[nH]c(C)c2-c2ccccc2)cc1. The number of nitrogens with zero attached hydrogens (tertiary/aromatic N) is 1. The fourth-order valence-electron chi connectivity index (χ4n) is 4.47. The van der Waals surface area contributed by atoms with E-state index in [0.717, 1.165) is 33.5 Å². The van der Waals surface area contributed by atoms with Crippen molar-refractivity contribution in [3.63, 3.8) is 0 Å². The Hall–Kier alpha value is -4.64. The Morgan fingerprint density at radius 1 is 0.919 bits per heavy atom. The minimum atomic E-state index is -0.255. The van der Waals surface area contributed by atoms with E-state index in [4.69, 9.17) is 4.74 Å². The van der Waals surface area contributed by atoms with Crippen LogP contribution < -0.4 is 10.1 Å². The van der Waals surface area contributed by atoms with Crippen LogP contribution in [0.1, 0.15) is 28.3 Å². The van der Waals surface area contributed by atoms with Crippen molar-refractivity contribution >= 4 is 11.5 Å². The summed E-state index contributed by atoms with van der Waals surface area (Å²) in [6.07, 6.45) is 8.12. The molecule has 0 fully saturated rings. The zero-order valence-corrected chi connectivity index (χ0v) is 20.9. The average Bonchev–Trinajstić information content (AvgIpc) is 3.52. The fourth-order valence-corrected chi connectivity index (χ4v) is 4.47. The van der Waals surface area contributed by atoms with E-state index in [9.17, 15) is 4.79 Å². The molecule has 0 saturated carbocycles. The Kier molecular flexibility index (Phi) is 7.13. The van der Waals surface area contributed by atoms with Crippen LogP contribution in [0.3, 0.4) is 0 Å². The van der Waals surface area contributed by atoms with Gasteiger partial charge in [-0.2, -0.15) is 0 Å². The summed E-state index contributed by atoms with van der Waals surface area (Å²) in [5, 5.41) is 10.0. The van der Waals surface area contributed by atoms with Crippen molar-refractivity contribution in [1.29, 1.82) is 0 Å². The van der Waals surface area contributed by atoms with Gasteiger partial charge in [0, 0.05) is 17.8 Å². The second kappa shape index (κ2) is 11.0. The van der Waals surface area contributed by atoms with Crippen molar-refractivity contribution in [3.8, 4) is 17.0 Å². The monoisotopic (exact) mass is 487 g/mol. The lowest BCUT2D eigenvalue weighted by atomic mass is 9.99. The van der Waals surface area contributed by atoms with Gasteiger partial charge in [0.1, 0.15) is 0 Å². The molecule has 1 unspecified atom stereocenters. The molecule has 0 spiro atoms. The minimum Gasteiger partial charge on any atom is -0.466 e. The summed E-state index contributed by atoms with van der Waals surface area (Å²) in [5.41, 5.74) is 8.55. The van der Waals surface area contributed by atoms with Gasteiger partial charge in [0.05, 0.1) is 5.56 Å². The van der Waals surface area contributed by atoms with E-state index in [-0.39, 0.29) is 18.4 Å². The second-order valence-corrected chi connectivity index (χ2v) is 9.09. The number of aromatic amines is 1. The summed E-state index contributed by atoms with van der Waals surface area (Å²) >= 11 is 0. The summed E-state index contributed by atoms with van der Waals surface area (Å²) in [5.74, 6) is 0.335. The molecule has 0 aliphatic heterocycles. The Balaban J connectivity index is 1.27. The predicted octanol–water partition coefficient (Wildman–Crippen LogP) is 6.51. The highest BCUT2D eigenvalue weighted by atomic mass is 16.5. The topological polar surface area (TPSA) is 67.0 Å². The van der Waals surface area contributed by atoms with E-state index in [1.54, 1.807) is 6.20 Å². The van der Waals surface area contributed by atoms with E-state index < -0.39 is 0 Å². The van der Waals surface area contributed by atoms with Crippen molar-refractivity contribution in [2.75, 3.05) is 6.61 Å². The number of H-pyrrole nitrogens is 1. The molecule has 2 N–H and O–H groups in total. The number of carbonyl (C=O) groups excluding carboxylic acids is 1. The molecule has 1 heterocycles. The smallest absolute Gasteiger partial charge is 0.261 e. The molecular weight excluding hydrogens is 458 g/mol. The first kappa shape index (κ1) is 24.1. The summed E-state index contributed by atoms with van der Waals surface area (Å²) in [6, 6.07) is 28.8. The van der Waals surface area contributed by atoms with Crippen LogP contribution in [0.5, 0.6) is 5.88 Å². The van der Waals surface area contributed by atoms with Gasteiger partial charge < -0.3 is 10.1 Å². The molecule has 184 valence electrons. The molecule has 5 rings (SSSR count). The third-order valence-corrected chi connectivity index (χ3v) is 6.39. The quantitative estimate of drug-likeness (QED) is 0.298. The Morgan fingerprint density at radius 3 is 2.35 bits per heavy atom. The first-order chi connectivity index (χ1) is 18.1. The van der Waals surface area contributed by atoms with Crippen molar-refractivity contribution in [3.05, 3.63) is 137 Å². The highest BCUT2D eigenvalue weighted by Gasteiger charge is 2.19. The maximum Gasteiger partial charge on any atom is 0.261 e. The lowest BCUT2D eigenvalue weighted by molar-refractivity contribution is -0.122. The molecular formula is C32H29N3O2. The molecule has 5 nitrogen and oxygen atoms in total. The van der Waals surface area contributed by atoms with Crippen LogP contribution in [0, 0.1) is 13.8 Å². The first-order valence-electron chi connectivity index (χ1n) is 12.3. The summed E-state index contributed by atoms with van der Waals surface area (Å²) in [4.78, 5) is 12.6.